The minimum Gasteiger partial charge on any atom is -0.477 e. The molecule has 5 heterocycles. The van der Waals surface area contributed by atoms with E-state index in [0.29, 0.717) is 24.8 Å². The highest BCUT2D eigenvalue weighted by Crippen LogP contribution is 2.32. The van der Waals surface area contributed by atoms with Crippen LogP contribution in [0.5, 0.6) is 0 Å². The Balaban J connectivity index is 1.35. The van der Waals surface area contributed by atoms with E-state index in [1.807, 2.05) is 11.0 Å². The number of H-pyrrole nitrogens is 1. The average Bonchev–Trinajstić information content (AvgIpc) is 3.36. The van der Waals surface area contributed by atoms with Gasteiger partial charge in [-0.3, -0.25) is 9.69 Å². The number of aliphatic carboxylic acids is 1. The number of ether oxygens (including phenoxy) is 2. The van der Waals surface area contributed by atoms with Crippen molar-refractivity contribution in [2.75, 3.05) is 39.4 Å². The van der Waals surface area contributed by atoms with Crippen molar-refractivity contribution in [2.24, 2.45) is 0 Å². The molecule has 0 radical (unpaired) electrons. The number of carbonyl (C=O) groups excluding carboxylic acids is 1. The van der Waals surface area contributed by atoms with Crippen LogP contribution in [0.1, 0.15) is 18.4 Å². The third-order valence-corrected chi connectivity index (χ3v) is 6.17. The number of carbonyl (C=O) groups is 2. The summed E-state index contributed by atoms with van der Waals surface area (Å²) >= 11 is 0. The maximum Gasteiger partial charge on any atom is 0.345 e. The Morgan fingerprint density at radius 2 is 2.00 bits per heavy atom. The molecular formula is C22H24N4O5. The van der Waals surface area contributed by atoms with E-state index in [0.717, 1.165) is 50.1 Å². The fraction of sp³-hybridized carbons (Fsp3) is 0.409. The maximum absolute atomic E-state index is 12.9. The summed E-state index contributed by atoms with van der Waals surface area (Å²) in [6, 6.07) is 4.13. The molecule has 0 atom stereocenters. The van der Waals surface area contributed by atoms with Crippen LogP contribution in [0, 0.1) is 0 Å². The van der Waals surface area contributed by atoms with Crippen molar-refractivity contribution in [3.8, 4) is 0 Å². The predicted octanol–water partition coefficient (Wildman–Crippen LogP) is 1.60. The molecule has 2 N–H and O–H groups in total. The van der Waals surface area contributed by atoms with Gasteiger partial charge in [-0.1, -0.05) is 0 Å². The highest BCUT2D eigenvalue weighted by molar-refractivity contribution is 6.26. The first-order chi connectivity index (χ1) is 15.1. The zero-order valence-electron chi connectivity index (χ0n) is 17.0. The molecule has 0 aliphatic carbocycles. The number of morpholine rings is 1. The number of pyridine rings is 1. The molecule has 2 aromatic heterocycles. The molecular weight excluding hydrogens is 400 g/mol. The number of nitrogens with zero attached hydrogens (tertiary/aromatic N) is 3. The number of aromatic nitrogens is 2. The second-order valence-corrected chi connectivity index (χ2v) is 7.94. The largest absolute Gasteiger partial charge is 0.477 e. The van der Waals surface area contributed by atoms with Crippen LogP contribution in [0.2, 0.25) is 0 Å². The summed E-state index contributed by atoms with van der Waals surface area (Å²) in [5.74, 6) is -1.69. The third kappa shape index (κ3) is 3.70. The number of carboxylic acid groups (broad SMARTS) is 1. The number of fused-ring (bicyclic) bond motifs is 1. The molecule has 3 aliphatic rings. The van der Waals surface area contributed by atoms with Crippen molar-refractivity contribution >= 4 is 28.9 Å². The van der Waals surface area contributed by atoms with Crippen molar-refractivity contribution < 1.29 is 24.2 Å². The first kappa shape index (κ1) is 19.8. The molecule has 162 valence electrons. The highest BCUT2D eigenvalue weighted by Gasteiger charge is 2.39. The minimum absolute atomic E-state index is 0.0208. The molecule has 2 saturated heterocycles. The summed E-state index contributed by atoms with van der Waals surface area (Å²) in [7, 11) is 0. The number of allylic oxidation sites excluding steroid dienone is 1. The highest BCUT2D eigenvalue weighted by atomic mass is 16.5. The Morgan fingerprint density at radius 3 is 2.74 bits per heavy atom. The first-order valence-electron chi connectivity index (χ1n) is 10.5. The second kappa shape index (κ2) is 8.16. The molecule has 0 amide bonds. The third-order valence-electron chi connectivity index (χ3n) is 6.17. The molecule has 0 spiro atoms. The normalized spacial score (nSPS) is 22.5. The Hall–Kier alpha value is -3.17. The van der Waals surface area contributed by atoms with Gasteiger partial charge in [0.2, 0.25) is 11.7 Å². The van der Waals surface area contributed by atoms with Crippen LogP contribution in [0.4, 0.5) is 0 Å². The van der Waals surface area contributed by atoms with Gasteiger partial charge in [0.15, 0.2) is 11.3 Å². The van der Waals surface area contributed by atoms with E-state index in [-0.39, 0.29) is 17.2 Å². The van der Waals surface area contributed by atoms with Crippen LogP contribution in [0.3, 0.4) is 0 Å². The number of hydrogen-bond acceptors (Lipinski definition) is 7. The molecule has 0 unspecified atom stereocenters. The maximum atomic E-state index is 12.9. The van der Waals surface area contributed by atoms with Gasteiger partial charge in [-0.15, -0.1) is 0 Å². The van der Waals surface area contributed by atoms with Gasteiger partial charge in [0, 0.05) is 55.6 Å². The summed E-state index contributed by atoms with van der Waals surface area (Å²) in [6.07, 6.45) is 6.77. The Labute approximate surface area is 178 Å². The van der Waals surface area contributed by atoms with E-state index in [4.69, 9.17) is 9.47 Å². The standard InChI is InChI=1S/C22H24N4O5/c27-19-17(12-14-13-24-20-16(14)2-1-5-23-20)31-21(18(19)22(28)29)26-6-3-15(4-7-26)25-8-10-30-11-9-25/h1-2,5,12-13,15H,3-4,6-11H2,(H,23,24)(H,28,29)/b17-12-. The van der Waals surface area contributed by atoms with Crippen LogP contribution < -0.4 is 0 Å². The van der Waals surface area contributed by atoms with Gasteiger partial charge < -0.3 is 24.5 Å². The van der Waals surface area contributed by atoms with Crippen LogP contribution in [0.15, 0.2) is 41.7 Å². The number of nitrogens with one attached hydrogen (secondary N) is 1. The molecule has 0 bridgehead atoms. The van der Waals surface area contributed by atoms with Gasteiger partial charge >= 0.3 is 5.97 Å². The summed E-state index contributed by atoms with van der Waals surface area (Å²) in [5.41, 5.74) is 1.12. The molecule has 9 heteroatoms. The number of carboxylic acids is 1. The molecule has 9 nitrogen and oxygen atoms in total. The van der Waals surface area contributed by atoms with Crippen LogP contribution in [-0.2, 0) is 19.1 Å². The lowest BCUT2D eigenvalue weighted by molar-refractivity contribution is -0.134. The number of Topliss-reactive ketones (excluding diaryl/α,β-unsaturated/α-hetero) is 1. The number of likely N-dealkylation sites (tertiary alicyclic amines) is 1. The Kier molecular flexibility index (Phi) is 5.21. The minimum atomic E-state index is -1.26. The van der Waals surface area contributed by atoms with Crippen LogP contribution in [-0.4, -0.2) is 82.1 Å². The lowest BCUT2D eigenvalue weighted by Crippen LogP contribution is -2.48. The number of rotatable bonds is 4. The second-order valence-electron chi connectivity index (χ2n) is 7.94. The summed E-state index contributed by atoms with van der Waals surface area (Å²) in [5, 5.41) is 10.5. The molecule has 5 rings (SSSR count). The lowest BCUT2D eigenvalue weighted by Gasteiger charge is -2.40. The van der Waals surface area contributed by atoms with Crippen molar-refractivity contribution in [1.82, 2.24) is 19.8 Å². The number of aromatic amines is 1. The monoisotopic (exact) mass is 424 g/mol. The average molecular weight is 424 g/mol. The quantitative estimate of drug-likeness (QED) is 0.563. The fourth-order valence-electron chi connectivity index (χ4n) is 4.54. The SMILES string of the molecule is O=C(O)C1=C(N2CCC(N3CCOCC3)CC2)O/C(=C\c2c[nH]c3ncccc23)C1=O. The van der Waals surface area contributed by atoms with Crippen LogP contribution >= 0.6 is 0 Å². The van der Waals surface area contributed by atoms with Crippen molar-refractivity contribution in [1.29, 1.82) is 0 Å². The van der Waals surface area contributed by atoms with Crippen molar-refractivity contribution in [3.05, 3.63) is 47.3 Å². The van der Waals surface area contributed by atoms with E-state index >= 15 is 0 Å². The van der Waals surface area contributed by atoms with Gasteiger partial charge in [-0.05, 0) is 31.1 Å². The fourth-order valence-corrected chi connectivity index (χ4v) is 4.54. The first-order valence-corrected chi connectivity index (χ1v) is 10.5. The van der Waals surface area contributed by atoms with Crippen LogP contribution in [0.25, 0.3) is 17.1 Å². The van der Waals surface area contributed by atoms with Crippen molar-refractivity contribution in [2.45, 2.75) is 18.9 Å². The lowest BCUT2D eigenvalue weighted by atomic mass is 10.0. The summed E-state index contributed by atoms with van der Waals surface area (Å²) in [6.45, 7) is 4.65. The van der Waals surface area contributed by atoms with E-state index < -0.39 is 11.8 Å². The molecule has 2 fully saturated rings. The van der Waals surface area contributed by atoms with E-state index in [1.165, 1.54) is 0 Å². The molecule has 0 aromatic carbocycles. The summed E-state index contributed by atoms with van der Waals surface area (Å²) < 4.78 is 11.3. The zero-order valence-corrected chi connectivity index (χ0v) is 17.0. The van der Waals surface area contributed by atoms with E-state index in [9.17, 15) is 14.7 Å². The smallest absolute Gasteiger partial charge is 0.345 e. The molecule has 3 aliphatic heterocycles. The van der Waals surface area contributed by atoms with E-state index in [1.54, 1.807) is 24.5 Å². The van der Waals surface area contributed by atoms with E-state index in [2.05, 4.69) is 14.9 Å². The van der Waals surface area contributed by atoms with Crippen molar-refractivity contribution in [3.63, 3.8) is 0 Å². The zero-order chi connectivity index (χ0) is 21.4. The summed E-state index contributed by atoms with van der Waals surface area (Å²) in [4.78, 5) is 36.4. The Bertz CT molecular complexity index is 1070. The molecule has 2 aromatic rings. The number of ketones is 1. The topological polar surface area (TPSA) is 108 Å². The number of hydrogen-bond donors (Lipinski definition) is 2. The Morgan fingerprint density at radius 1 is 1.23 bits per heavy atom. The van der Waals surface area contributed by atoms with Gasteiger partial charge in [0.25, 0.3) is 0 Å². The van der Waals surface area contributed by atoms with Gasteiger partial charge in [0.05, 0.1) is 13.2 Å². The molecule has 31 heavy (non-hydrogen) atoms. The number of piperidine rings is 1. The predicted molar refractivity (Wildman–Crippen MR) is 112 cm³/mol. The van der Waals surface area contributed by atoms with Gasteiger partial charge in [-0.2, -0.15) is 0 Å². The van der Waals surface area contributed by atoms with Gasteiger partial charge in [0.1, 0.15) is 5.65 Å². The molecule has 0 saturated carbocycles. The van der Waals surface area contributed by atoms with Gasteiger partial charge in [-0.25, -0.2) is 9.78 Å².